The number of anilines is 1. The quantitative estimate of drug-likeness (QED) is 0.203. The van der Waals surface area contributed by atoms with Crippen LogP contribution in [0.15, 0.2) is 48.5 Å². The van der Waals surface area contributed by atoms with Crippen LogP contribution in [0.4, 0.5) is 5.69 Å². The monoisotopic (exact) mass is 687 g/mol. The number of rotatable bonds is 11. The molecule has 0 bridgehead atoms. The fourth-order valence-electron chi connectivity index (χ4n) is 12.1. The van der Waals surface area contributed by atoms with E-state index in [1.807, 2.05) is 0 Å². The smallest absolute Gasteiger partial charge is 0.0439 e. The zero-order chi connectivity index (χ0) is 36.1. The van der Waals surface area contributed by atoms with Crippen molar-refractivity contribution in [3.63, 3.8) is 0 Å². The second-order valence-corrected chi connectivity index (χ2v) is 18.8. The van der Waals surface area contributed by atoms with Crippen molar-refractivity contribution in [1.82, 2.24) is 0 Å². The highest BCUT2D eigenvalue weighted by atomic mass is 15.1. The Kier molecular flexibility index (Phi) is 10.3. The first-order valence-electron chi connectivity index (χ1n) is 21.2. The van der Waals surface area contributed by atoms with Gasteiger partial charge < -0.3 is 10.6 Å². The maximum atomic E-state index is 7.47. The van der Waals surface area contributed by atoms with Crippen LogP contribution in [0.2, 0.25) is 0 Å². The summed E-state index contributed by atoms with van der Waals surface area (Å²) in [6.07, 6.45) is 19.2. The molecule has 7 atom stereocenters. The van der Waals surface area contributed by atoms with E-state index in [4.69, 9.17) is 5.73 Å². The summed E-state index contributed by atoms with van der Waals surface area (Å²) in [6.45, 7) is 18.2. The van der Waals surface area contributed by atoms with E-state index in [1.165, 1.54) is 116 Å². The van der Waals surface area contributed by atoms with Gasteiger partial charge in [-0.3, -0.25) is 0 Å². The molecule has 0 heterocycles. The summed E-state index contributed by atoms with van der Waals surface area (Å²) in [5.74, 6) is 2.72. The lowest BCUT2D eigenvalue weighted by Gasteiger charge is -2.52. The molecule has 0 aliphatic heterocycles. The molecule has 0 spiro atoms. The molecular weight excluding hydrogens is 617 g/mol. The number of benzene rings is 3. The van der Waals surface area contributed by atoms with Gasteiger partial charge in [0.1, 0.15) is 0 Å². The molecule has 0 radical (unpaired) electrons. The zero-order valence-electron chi connectivity index (χ0n) is 33.8. The summed E-state index contributed by atoms with van der Waals surface area (Å²) in [5, 5.41) is 0. The van der Waals surface area contributed by atoms with Crippen molar-refractivity contribution in [2.75, 3.05) is 18.5 Å². The minimum Gasteiger partial charge on any atom is -0.374 e. The van der Waals surface area contributed by atoms with E-state index in [-0.39, 0.29) is 11.0 Å². The first-order chi connectivity index (χ1) is 24.4. The van der Waals surface area contributed by atoms with Gasteiger partial charge in [-0.2, -0.15) is 0 Å². The van der Waals surface area contributed by atoms with E-state index in [1.54, 1.807) is 16.7 Å². The van der Waals surface area contributed by atoms with E-state index in [0.29, 0.717) is 17.3 Å². The fraction of sp³-hybridized carbons (Fsp3) is 0.633. The van der Waals surface area contributed by atoms with Crippen molar-refractivity contribution in [1.29, 1.82) is 0 Å². The Balaban J connectivity index is 1.20. The molecule has 51 heavy (non-hydrogen) atoms. The molecule has 3 aromatic rings. The van der Waals surface area contributed by atoms with Crippen molar-refractivity contribution in [3.8, 4) is 0 Å². The van der Waals surface area contributed by atoms with Gasteiger partial charge in [0.05, 0.1) is 0 Å². The molecule has 2 heteroatoms. The third-order valence-electron chi connectivity index (χ3n) is 15.6. The van der Waals surface area contributed by atoms with Crippen LogP contribution in [0.25, 0.3) is 0 Å². The molecule has 2 fully saturated rings. The maximum Gasteiger partial charge on any atom is 0.0439 e. The second kappa shape index (κ2) is 14.3. The van der Waals surface area contributed by atoms with E-state index >= 15 is 0 Å². The minimum absolute atomic E-state index is 0.238. The van der Waals surface area contributed by atoms with Crippen LogP contribution >= 0.6 is 0 Å². The molecule has 4 aliphatic rings. The highest BCUT2D eigenvalue weighted by Gasteiger charge is 2.60. The van der Waals surface area contributed by atoms with Gasteiger partial charge in [0.25, 0.3) is 0 Å². The predicted octanol–water partition coefficient (Wildman–Crippen LogP) is 12.6. The third kappa shape index (κ3) is 6.53. The van der Waals surface area contributed by atoms with Crippen LogP contribution in [0.1, 0.15) is 180 Å². The van der Waals surface area contributed by atoms with Crippen LogP contribution < -0.4 is 10.6 Å². The molecule has 0 aromatic heterocycles. The highest BCUT2D eigenvalue weighted by molar-refractivity contribution is 5.61. The normalized spacial score (nSPS) is 31.3. The van der Waals surface area contributed by atoms with E-state index in [9.17, 15) is 0 Å². The lowest BCUT2D eigenvalue weighted by atomic mass is 9.52. The molecule has 7 rings (SSSR count). The van der Waals surface area contributed by atoms with Gasteiger partial charge >= 0.3 is 0 Å². The van der Waals surface area contributed by atoms with E-state index in [0.717, 1.165) is 37.6 Å². The van der Waals surface area contributed by atoms with Crippen molar-refractivity contribution in [2.45, 2.75) is 168 Å². The number of aryl methyl sites for hydroxylation is 2. The molecule has 0 saturated heterocycles. The molecule has 276 valence electrons. The number of hydrogen-bond acceptors (Lipinski definition) is 2. The first-order valence-corrected chi connectivity index (χ1v) is 21.2. The van der Waals surface area contributed by atoms with E-state index in [2.05, 4.69) is 109 Å². The number of nitrogens with two attached hydrogens (primary N) is 1. The Morgan fingerprint density at radius 1 is 0.824 bits per heavy atom. The predicted molar refractivity (Wildman–Crippen MR) is 219 cm³/mol. The fourth-order valence-corrected chi connectivity index (χ4v) is 12.1. The first kappa shape index (κ1) is 36.8. The van der Waals surface area contributed by atoms with Gasteiger partial charge in [0.15, 0.2) is 0 Å². The highest BCUT2D eigenvalue weighted by Crippen LogP contribution is 2.69. The largest absolute Gasteiger partial charge is 0.374 e. The SMILES string of the molecule is CCCN(C)c1cc(Cc2cc3c4c(c2)C2(C)CC(CCCCc5ccc(C)cc5)CCC2(C)C4CCC3C)cc(C2(N)CCCCC2C)c1C. The Labute approximate surface area is 312 Å². The summed E-state index contributed by atoms with van der Waals surface area (Å²) in [7, 11) is 2.29. The Bertz CT molecular complexity index is 1700. The number of unbranched alkanes of at least 4 members (excludes halogenated alkanes) is 1. The topological polar surface area (TPSA) is 29.3 Å². The Morgan fingerprint density at radius 2 is 1.57 bits per heavy atom. The van der Waals surface area contributed by atoms with Gasteiger partial charge in [0, 0.05) is 24.8 Å². The van der Waals surface area contributed by atoms with Gasteiger partial charge in [-0.25, -0.2) is 0 Å². The molecule has 2 N–H and O–H groups in total. The number of hydrogen-bond donors (Lipinski definition) is 1. The van der Waals surface area contributed by atoms with Crippen LogP contribution in [0, 0.1) is 31.1 Å². The van der Waals surface area contributed by atoms with Crippen LogP contribution in [0.5, 0.6) is 0 Å². The average Bonchev–Trinajstić information content (AvgIpc) is 3.30. The van der Waals surface area contributed by atoms with Gasteiger partial charge in [-0.05, 0) is 170 Å². The van der Waals surface area contributed by atoms with Crippen molar-refractivity contribution >= 4 is 5.69 Å². The Hall–Kier alpha value is -2.58. The standard InChI is InChI=1S/C49H70N2/c1-9-26-51(8)45-31-40(29-43(36(45)5)49(50)24-13-12-14-35(49)4)27-39-28-41-34(3)19-22-42-46(41)44(30-39)48(7)32-38(23-25-47(42,48)6)16-11-10-15-37-20-17-33(2)18-21-37/h17-18,20-21,28-31,34-35,38,42H,9-16,19,22-27,32,50H2,1-8H3. The van der Waals surface area contributed by atoms with Crippen LogP contribution in [-0.4, -0.2) is 13.6 Å². The summed E-state index contributed by atoms with van der Waals surface area (Å²) in [5.41, 5.74) is 23.1. The molecular formula is C49H70N2. The van der Waals surface area contributed by atoms with Gasteiger partial charge in [-0.1, -0.05) is 108 Å². The number of nitrogens with zero attached hydrogens (tertiary/aromatic N) is 1. The summed E-state index contributed by atoms with van der Waals surface area (Å²) in [4.78, 5) is 2.49. The maximum absolute atomic E-state index is 7.47. The molecule has 0 amide bonds. The number of fused-ring (bicyclic) bond motifs is 3. The van der Waals surface area contributed by atoms with Crippen molar-refractivity contribution in [2.24, 2.45) is 23.0 Å². The summed E-state index contributed by atoms with van der Waals surface area (Å²) >= 11 is 0. The lowest BCUT2D eigenvalue weighted by Crippen LogP contribution is -2.46. The summed E-state index contributed by atoms with van der Waals surface area (Å²) < 4.78 is 0. The molecule has 4 aliphatic carbocycles. The zero-order valence-corrected chi connectivity index (χ0v) is 33.8. The third-order valence-corrected chi connectivity index (χ3v) is 15.6. The molecule has 2 nitrogen and oxygen atoms in total. The summed E-state index contributed by atoms with van der Waals surface area (Å²) in [6, 6.07) is 19.7. The van der Waals surface area contributed by atoms with Crippen LogP contribution in [-0.2, 0) is 23.8 Å². The second-order valence-electron chi connectivity index (χ2n) is 18.8. The Morgan fingerprint density at radius 3 is 2.31 bits per heavy atom. The average molecular weight is 687 g/mol. The van der Waals surface area contributed by atoms with Gasteiger partial charge in [-0.15, -0.1) is 0 Å². The molecule has 3 aromatic carbocycles. The molecule has 7 unspecified atom stereocenters. The minimum atomic E-state index is -0.238. The van der Waals surface area contributed by atoms with Crippen molar-refractivity contribution < 1.29 is 0 Å². The molecule has 2 saturated carbocycles. The van der Waals surface area contributed by atoms with E-state index < -0.39 is 0 Å². The van der Waals surface area contributed by atoms with Crippen molar-refractivity contribution in [3.05, 3.63) is 98.6 Å². The lowest BCUT2D eigenvalue weighted by molar-refractivity contribution is 0.0409. The van der Waals surface area contributed by atoms with Gasteiger partial charge in [0.2, 0.25) is 0 Å². The van der Waals surface area contributed by atoms with Crippen LogP contribution in [0.3, 0.4) is 0 Å².